The Labute approximate surface area is 160 Å². The number of amides is 3. The zero-order valence-corrected chi connectivity index (χ0v) is 14.9. The SMILES string of the molecule is C[C@]1(c2ccccc2)NC(=O)N(/N=C\c2ccc(-c3ccccc3F)o2)C1=O. The molecule has 6 nitrogen and oxygen atoms in total. The van der Waals surface area contributed by atoms with E-state index in [-0.39, 0.29) is 5.76 Å². The van der Waals surface area contributed by atoms with Crippen LogP contribution in [0.4, 0.5) is 9.18 Å². The molecular weight excluding hydrogens is 361 g/mol. The predicted molar refractivity (Wildman–Crippen MR) is 101 cm³/mol. The molecule has 1 atom stereocenters. The number of hydrogen-bond acceptors (Lipinski definition) is 4. The number of halogens is 1. The topological polar surface area (TPSA) is 74.9 Å². The number of furan rings is 1. The molecule has 1 saturated heterocycles. The van der Waals surface area contributed by atoms with Gasteiger partial charge in [-0.05, 0) is 36.8 Å². The van der Waals surface area contributed by atoms with Crippen molar-refractivity contribution in [3.8, 4) is 11.3 Å². The lowest BCUT2D eigenvalue weighted by molar-refractivity contribution is -0.131. The minimum Gasteiger partial charge on any atom is -0.455 e. The summed E-state index contributed by atoms with van der Waals surface area (Å²) in [6, 6.07) is 17.7. The van der Waals surface area contributed by atoms with E-state index in [1.165, 1.54) is 12.3 Å². The molecule has 0 radical (unpaired) electrons. The fraction of sp³-hybridized carbons (Fsp3) is 0.0952. The summed E-state index contributed by atoms with van der Waals surface area (Å²) in [5, 5.41) is 7.39. The van der Waals surface area contributed by atoms with Crippen LogP contribution in [0.2, 0.25) is 0 Å². The highest BCUT2D eigenvalue weighted by Gasteiger charge is 2.49. The molecule has 1 fully saturated rings. The van der Waals surface area contributed by atoms with Crippen LogP contribution in [0.1, 0.15) is 18.2 Å². The average Bonchev–Trinajstić information content (AvgIpc) is 3.25. The Morgan fingerprint density at radius 2 is 1.75 bits per heavy atom. The zero-order valence-electron chi connectivity index (χ0n) is 14.9. The van der Waals surface area contributed by atoms with Gasteiger partial charge >= 0.3 is 6.03 Å². The Hall–Kier alpha value is -3.74. The number of nitrogens with zero attached hydrogens (tertiary/aromatic N) is 2. The van der Waals surface area contributed by atoms with Gasteiger partial charge in [-0.25, -0.2) is 9.18 Å². The maximum atomic E-state index is 13.9. The first-order valence-corrected chi connectivity index (χ1v) is 8.60. The largest absolute Gasteiger partial charge is 0.455 e. The van der Waals surface area contributed by atoms with Crippen LogP contribution in [-0.4, -0.2) is 23.2 Å². The Morgan fingerprint density at radius 3 is 2.50 bits per heavy atom. The van der Waals surface area contributed by atoms with Crippen molar-refractivity contribution in [1.29, 1.82) is 0 Å². The fourth-order valence-electron chi connectivity index (χ4n) is 3.04. The van der Waals surface area contributed by atoms with Gasteiger partial charge in [-0.2, -0.15) is 5.10 Å². The number of hydrogen-bond donors (Lipinski definition) is 1. The Balaban J connectivity index is 1.57. The van der Waals surface area contributed by atoms with E-state index in [2.05, 4.69) is 10.4 Å². The van der Waals surface area contributed by atoms with Crippen LogP contribution < -0.4 is 5.32 Å². The number of imide groups is 1. The van der Waals surface area contributed by atoms with Gasteiger partial charge in [-0.3, -0.25) is 4.79 Å². The lowest BCUT2D eigenvalue weighted by Crippen LogP contribution is -2.40. The number of urea groups is 1. The molecule has 4 rings (SSSR count). The van der Waals surface area contributed by atoms with Gasteiger partial charge in [-0.15, -0.1) is 5.01 Å². The minimum absolute atomic E-state index is 0.284. The molecule has 0 aliphatic carbocycles. The van der Waals surface area contributed by atoms with E-state index in [9.17, 15) is 14.0 Å². The molecule has 28 heavy (non-hydrogen) atoms. The van der Waals surface area contributed by atoms with Crippen molar-refractivity contribution in [1.82, 2.24) is 10.3 Å². The second kappa shape index (κ2) is 6.77. The summed E-state index contributed by atoms with van der Waals surface area (Å²) in [5.41, 5.74) is -0.225. The fourth-order valence-corrected chi connectivity index (χ4v) is 3.04. The lowest BCUT2D eigenvalue weighted by atomic mass is 9.92. The minimum atomic E-state index is -1.20. The van der Waals surface area contributed by atoms with Crippen molar-refractivity contribution in [2.24, 2.45) is 5.10 Å². The number of benzene rings is 2. The van der Waals surface area contributed by atoms with Crippen LogP contribution in [0.5, 0.6) is 0 Å². The molecule has 3 amide bonds. The summed E-state index contributed by atoms with van der Waals surface area (Å²) in [6.07, 6.45) is 1.25. The molecule has 0 saturated carbocycles. The molecule has 0 unspecified atom stereocenters. The Morgan fingerprint density at radius 1 is 1.04 bits per heavy atom. The molecule has 1 aliphatic rings. The number of nitrogens with one attached hydrogen (secondary N) is 1. The Kier molecular flexibility index (Phi) is 4.27. The van der Waals surface area contributed by atoms with Gasteiger partial charge in [0, 0.05) is 0 Å². The van der Waals surface area contributed by atoms with Crippen molar-refractivity contribution in [2.75, 3.05) is 0 Å². The molecule has 1 aliphatic heterocycles. The maximum absolute atomic E-state index is 13.9. The summed E-state index contributed by atoms with van der Waals surface area (Å²) in [7, 11) is 0. The number of rotatable bonds is 4. The molecule has 140 valence electrons. The van der Waals surface area contributed by atoms with Crippen molar-refractivity contribution >= 4 is 18.2 Å². The van der Waals surface area contributed by atoms with E-state index in [1.54, 1.807) is 61.5 Å². The molecule has 0 spiro atoms. The first-order chi connectivity index (χ1) is 13.5. The third-order valence-corrected chi connectivity index (χ3v) is 4.59. The van der Waals surface area contributed by atoms with Gasteiger partial charge in [0.1, 0.15) is 22.9 Å². The maximum Gasteiger partial charge on any atom is 0.346 e. The predicted octanol–water partition coefficient (Wildman–Crippen LogP) is 3.89. The van der Waals surface area contributed by atoms with Crippen molar-refractivity contribution in [2.45, 2.75) is 12.5 Å². The summed E-state index contributed by atoms with van der Waals surface area (Å²) < 4.78 is 19.4. The molecule has 7 heteroatoms. The van der Waals surface area contributed by atoms with E-state index in [1.807, 2.05) is 6.07 Å². The van der Waals surface area contributed by atoms with Gasteiger partial charge in [0.05, 0.1) is 11.8 Å². The van der Waals surface area contributed by atoms with Crippen LogP contribution in [0.25, 0.3) is 11.3 Å². The smallest absolute Gasteiger partial charge is 0.346 e. The third-order valence-electron chi connectivity index (χ3n) is 4.59. The summed E-state index contributed by atoms with van der Waals surface area (Å²) in [5.74, 6) is -0.299. The van der Waals surface area contributed by atoms with Crippen LogP contribution in [0, 0.1) is 5.82 Å². The van der Waals surface area contributed by atoms with E-state index in [4.69, 9.17) is 4.42 Å². The van der Waals surface area contributed by atoms with Gasteiger partial charge in [0.15, 0.2) is 0 Å². The van der Waals surface area contributed by atoms with Gasteiger partial charge < -0.3 is 9.73 Å². The zero-order chi connectivity index (χ0) is 19.7. The molecule has 1 aromatic heterocycles. The second-order valence-corrected chi connectivity index (χ2v) is 6.46. The molecule has 3 aromatic rings. The Bertz CT molecular complexity index is 1080. The summed E-state index contributed by atoms with van der Waals surface area (Å²) >= 11 is 0. The van der Waals surface area contributed by atoms with Gasteiger partial charge in [0.25, 0.3) is 5.91 Å². The third kappa shape index (κ3) is 2.96. The number of carbonyl (C=O) groups is 2. The van der Waals surface area contributed by atoms with Crippen LogP contribution in [-0.2, 0) is 10.3 Å². The first-order valence-electron chi connectivity index (χ1n) is 8.60. The van der Waals surface area contributed by atoms with E-state index in [0.29, 0.717) is 16.9 Å². The average molecular weight is 377 g/mol. The van der Waals surface area contributed by atoms with Crippen molar-refractivity contribution in [3.63, 3.8) is 0 Å². The number of hydrazone groups is 1. The molecule has 2 aromatic carbocycles. The highest BCUT2D eigenvalue weighted by Crippen LogP contribution is 2.29. The van der Waals surface area contributed by atoms with Crippen LogP contribution in [0.3, 0.4) is 0 Å². The number of carbonyl (C=O) groups excluding carboxylic acids is 2. The summed E-state index contributed by atoms with van der Waals surface area (Å²) in [4.78, 5) is 25.0. The standard InChI is InChI=1S/C21H16FN3O3/c1-21(14-7-3-2-4-8-14)19(26)25(20(27)24-21)23-13-15-11-12-18(28-15)16-9-5-6-10-17(16)22/h2-13H,1H3,(H,24,27)/b23-13-/t21-/m1/s1. The first kappa shape index (κ1) is 17.7. The second-order valence-electron chi connectivity index (χ2n) is 6.46. The van der Waals surface area contributed by atoms with Gasteiger partial charge in [-0.1, -0.05) is 42.5 Å². The summed E-state index contributed by atoms with van der Waals surface area (Å²) in [6.45, 7) is 1.63. The van der Waals surface area contributed by atoms with Crippen molar-refractivity contribution < 1.29 is 18.4 Å². The normalized spacial score (nSPS) is 19.4. The highest BCUT2D eigenvalue weighted by atomic mass is 19.1. The molecule has 1 N–H and O–H groups in total. The molecule has 2 heterocycles. The lowest BCUT2D eigenvalue weighted by Gasteiger charge is -2.20. The van der Waals surface area contributed by atoms with E-state index < -0.39 is 23.3 Å². The highest BCUT2D eigenvalue weighted by molar-refractivity contribution is 6.07. The van der Waals surface area contributed by atoms with Crippen LogP contribution in [0.15, 0.2) is 76.2 Å². The van der Waals surface area contributed by atoms with E-state index in [0.717, 1.165) is 5.01 Å². The molecule has 0 bridgehead atoms. The molecular formula is C21H16FN3O3. The van der Waals surface area contributed by atoms with Crippen molar-refractivity contribution in [3.05, 3.63) is 83.9 Å². The van der Waals surface area contributed by atoms with E-state index >= 15 is 0 Å². The van der Waals surface area contributed by atoms with Crippen LogP contribution >= 0.6 is 0 Å². The van der Waals surface area contributed by atoms with Gasteiger partial charge in [0.2, 0.25) is 0 Å². The monoisotopic (exact) mass is 377 g/mol. The quantitative estimate of drug-likeness (QED) is 0.554.